The number of hydrogen-bond donors (Lipinski definition) is 3. The second-order valence-corrected chi connectivity index (χ2v) is 8.84. The van der Waals surface area contributed by atoms with Crippen LogP contribution in [0.2, 0.25) is 0 Å². The highest BCUT2D eigenvalue weighted by atomic mass is 16.4. The molecule has 0 amide bonds. The predicted molar refractivity (Wildman–Crippen MR) is 133 cm³/mol. The van der Waals surface area contributed by atoms with Crippen LogP contribution in [-0.2, 0) is 0 Å². The molecule has 0 fully saturated rings. The van der Waals surface area contributed by atoms with E-state index in [4.69, 9.17) is 0 Å². The fourth-order valence-corrected chi connectivity index (χ4v) is 5.70. The molecule has 4 aromatic rings. The second-order valence-electron chi connectivity index (χ2n) is 8.84. The van der Waals surface area contributed by atoms with Gasteiger partial charge >= 0.3 is 5.97 Å². The molecule has 3 atom stereocenters. The SMILES string of the molecule is O=C(O)c1ccccc1N[C@H]1c2ccccc2N2[C@@H]3c4ccccc4N[C@H]2c2ccccc2N31. The Morgan fingerprint density at radius 3 is 2.15 bits per heavy atom. The van der Waals surface area contributed by atoms with E-state index in [1.165, 1.54) is 11.1 Å². The van der Waals surface area contributed by atoms with Crippen LogP contribution in [-0.4, -0.2) is 11.1 Å². The molecule has 7 rings (SSSR count). The average Bonchev–Trinajstić information content (AvgIpc) is 2.88. The van der Waals surface area contributed by atoms with Crippen molar-refractivity contribution < 1.29 is 9.90 Å². The van der Waals surface area contributed by atoms with Crippen LogP contribution >= 0.6 is 0 Å². The molecule has 0 saturated carbocycles. The monoisotopic (exact) mass is 446 g/mol. The summed E-state index contributed by atoms with van der Waals surface area (Å²) < 4.78 is 0. The molecule has 0 saturated heterocycles. The maximum Gasteiger partial charge on any atom is 0.337 e. The van der Waals surface area contributed by atoms with Crippen molar-refractivity contribution in [1.82, 2.24) is 0 Å². The van der Waals surface area contributed by atoms with E-state index in [1.54, 1.807) is 12.1 Å². The minimum Gasteiger partial charge on any atom is -0.478 e. The van der Waals surface area contributed by atoms with Crippen LogP contribution in [0.5, 0.6) is 0 Å². The molecule has 6 heteroatoms. The van der Waals surface area contributed by atoms with Gasteiger partial charge in [0.05, 0.1) is 11.3 Å². The summed E-state index contributed by atoms with van der Waals surface area (Å²) in [5.41, 5.74) is 7.76. The summed E-state index contributed by atoms with van der Waals surface area (Å²) in [7, 11) is 0. The van der Waals surface area contributed by atoms with Crippen molar-refractivity contribution in [3.05, 3.63) is 119 Å². The highest BCUT2D eigenvalue weighted by Gasteiger charge is 2.50. The fraction of sp³-hybridized carbons (Fsp3) is 0.107. The van der Waals surface area contributed by atoms with Gasteiger partial charge < -0.3 is 25.5 Å². The quantitative estimate of drug-likeness (QED) is 0.361. The zero-order valence-electron chi connectivity index (χ0n) is 18.2. The summed E-state index contributed by atoms with van der Waals surface area (Å²) in [4.78, 5) is 16.8. The first-order chi connectivity index (χ1) is 16.7. The van der Waals surface area contributed by atoms with Crippen LogP contribution in [0, 0.1) is 0 Å². The van der Waals surface area contributed by atoms with Gasteiger partial charge in [-0.05, 0) is 30.3 Å². The van der Waals surface area contributed by atoms with Gasteiger partial charge in [-0.3, -0.25) is 0 Å². The van der Waals surface area contributed by atoms with E-state index in [9.17, 15) is 9.90 Å². The van der Waals surface area contributed by atoms with Gasteiger partial charge in [0.25, 0.3) is 0 Å². The Bertz CT molecular complexity index is 1450. The number of carbonyl (C=O) groups is 1. The summed E-state index contributed by atoms with van der Waals surface area (Å²) >= 11 is 0. The molecule has 3 aliphatic heterocycles. The fourth-order valence-electron chi connectivity index (χ4n) is 5.70. The highest BCUT2D eigenvalue weighted by Crippen LogP contribution is 2.58. The zero-order valence-corrected chi connectivity index (χ0v) is 18.2. The lowest BCUT2D eigenvalue weighted by molar-refractivity contribution is 0.0698. The molecule has 3 aliphatic rings. The van der Waals surface area contributed by atoms with Gasteiger partial charge in [0, 0.05) is 33.8 Å². The number of benzene rings is 4. The minimum atomic E-state index is -0.944. The van der Waals surface area contributed by atoms with Crippen molar-refractivity contribution in [2.75, 3.05) is 20.4 Å². The first-order valence-electron chi connectivity index (χ1n) is 11.4. The molecule has 4 bridgehead atoms. The maximum atomic E-state index is 12.0. The van der Waals surface area contributed by atoms with Crippen LogP contribution in [0.4, 0.5) is 22.7 Å². The molecule has 3 N–H and O–H groups in total. The largest absolute Gasteiger partial charge is 0.478 e. The summed E-state index contributed by atoms with van der Waals surface area (Å²) in [6.07, 6.45) is -0.297. The molecule has 166 valence electrons. The zero-order chi connectivity index (χ0) is 22.8. The highest BCUT2D eigenvalue weighted by molar-refractivity contribution is 5.94. The number of carboxylic acids is 1. The van der Waals surface area contributed by atoms with E-state index >= 15 is 0 Å². The normalized spacial score (nSPS) is 21.0. The van der Waals surface area contributed by atoms with Crippen molar-refractivity contribution in [3.63, 3.8) is 0 Å². The van der Waals surface area contributed by atoms with Gasteiger partial charge in [-0.15, -0.1) is 0 Å². The molecule has 0 aliphatic carbocycles. The number of para-hydroxylation sites is 4. The molecule has 0 spiro atoms. The van der Waals surface area contributed by atoms with Crippen LogP contribution in [0.25, 0.3) is 0 Å². The van der Waals surface area contributed by atoms with Crippen molar-refractivity contribution >= 4 is 28.7 Å². The average molecular weight is 447 g/mol. The Balaban J connectivity index is 1.49. The Morgan fingerprint density at radius 1 is 0.735 bits per heavy atom. The van der Waals surface area contributed by atoms with E-state index < -0.39 is 5.97 Å². The third-order valence-corrected chi connectivity index (χ3v) is 7.08. The van der Waals surface area contributed by atoms with Gasteiger partial charge in [-0.25, -0.2) is 4.79 Å². The molecule has 4 aromatic carbocycles. The van der Waals surface area contributed by atoms with E-state index in [0.29, 0.717) is 5.69 Å². The molecule has 0 aromatic heterocycles. The molecule has 6 nitrogen and oxygen atoms in total. The Labute approximate surface area is 197 Å². The van der Waals surface area contributed by atoms with E-state index in [2.05, 4.69) is 87.2 Å². The van der Waals surface area contributed by atoms with Crippen molar-refractivity contribution in [1.29, 1.82) is 0 Å². The van der Waals surface area contributed by atoms with E-state index in [0.717, 1.165) is 22.6 Å². The van der Waals surface area contributed by atoms with Gasteiger partial charge in [-0.1, -0.05) is 66.7 Å². The lowest BCUT2D eigenvalue weighted by atomic mass is 9.88. The molecule has 3 heterocycles. The number of nitrogens with zero attached hydrogens (tertiary/aromatic N) is 2. The number of nitrogens with one attached hydrogen (secondary N) is 2. The topological polar surface area (TPSA) is 67.8 Å². The third kappa shape index (κ3) is 2.53. The van der Waals surface area contributed by atoms with Gasteiger partial charge in [-0.2, -0.15) is 0 Å². The number of hydrogen-bond acceptors (Lipinski definition) is 5. The maximum absolute atomic E-state index is 12.0. The third-order valence-electron chi connectivity index (χ3n) is 7.08. The second kappa shape index (κ2) is 7.02. The summed E-state index contributed by atoms with van der Waals surface area (Å²) in [6.45, 7) is 0. The van der Waals surface area contributed by atoms with Crippen molar-refractivity contribution in [2.24, 2.45) is 0 Å². The molecule has 34 heavy (non-hydrogen) atoms. The standard InChI is InChI=1S/C28H22N4O2/c33-28(34)18-10-2-6-14-22(18)30-26-20-12-4-8-16-24(20)31-25-19-11-3-7-15-23(19)32(26)27(31)17-9-1-5-13-21(17)29-25/h1-16,25-27,29-30H,(H,33,34)/t25-,26-,27+/m1/s1. The van der Waals surface area contributed by atoms with Crippen molar-refractivity contribution in [2.45, 2.75) is 18.5 Å². The van der Waals surface area contributed by atoms with Crippen LogP contribution in [0.15, 0.2) is 97.1 Å². The number of anilines is 4. The van der Waals surface area contributed by atoms with Crippen LogP contribution in [0.3, 0.4) is 0 Å². The van der Waals surface area contributed by atoms with E-state index in [-0.39, 0.29) is 24.1 Å². The van der Waals surface area contributed by atoms with E-state index in [1.807, 2.05) is 18.2 Å². The Kier molecular flexibility index (Phi) is 3.94. The Hall–Kier alpha value is -4.45. The minimum absolute atomic E-state index is 0.000700. The molecule has 0 unspecified atom stereocenters. The first kappa shape index (κ1) is 19.1. The smallest absolute Gasteiger partial charge is 0.337 e. The van der Waals surface area contributed by atoms with Gasteiger partial charge in [0.2, 0.25) is 0 Å². The summed E-state index contributed by atoms with van der Waals surface area (Å²) in [6, 6.07) is 32.4. The summed E-state index contributed by atoms with van der Waals surface area (Å²) in [5, 5.41) is 17.2. The Morgan fingerprint density at radius 2 is 1.35 bits per heavy atom. The van der Waals surface area contributed by atoms with Gasteiger partial charge in [0.1, 0.15) is 18.5 Å². The number of aromatic carboxylic acids is 1. The summed E-state index contributed by atoms with van der Waals surface area (Å²) in [5.74, 6) is -0.944. The van der Waals surface area contributed by atoms with Crippen LogP contribution in [0.1, 0.15) is 45.5 Å². The van der Waals surface area contributed by atoms with Gasteiger partial charge in [0.15, 0.2) is 0 Å². The molecular formula is C28H22N4O2. The first-order valence-corrected chi connectivity index (χ1v) is 11.4. The lowest BCUT2D eigenvalue weighted by Gasteiger charge is -2.60. The number of carboxylic acid groups (broad SMARTS) is 1. The number of fused-ring (bicyclic) bond motifs is 5. The lowest BCUT2D eigenvalue weighted by Crippen LogP contribution is -2.58. The molecule has 0 radical (unpaired) electrons. The molecular weight excluding hydrogens is 424 g/mol. The van der Waals surface area contributed by atoms with Crippen LogP contribution < -0.4 is 20.4 Å². The number of rotatable bonds is 3. The van der Waals surface area contributed by atoms with Crippen molar-refractivity contribution in [3.8, 4) is 0 Å². The predicted octanol–water partition coefficient (Wildman–Crippen LogP) is 5.96.